The van der Waals surface area contributed by atoms with Crippen molar-refractivity contribution >= 4 is 87.4 Å². The number of azo groups is 2. The predicted octanol–water partition coefficient (Wildman–Crippen LogP) is 27.6. The fraction of sp³-hybridized carbons (Fsp3) is 0.234. The Morgan fingerprint density at radius 2 is 0.452 bits per heavy atom. The molecule has 14 aromatic carbocycles. The maximum absolute atomic E-state index is 6.73. The first-order chi connectivity index (χ1) is 51.6. The lowest BCUT2D eigenvalue weighted by Gasteiger charge is -2.20. The molecule has 0 saturated carbocycles. The van der Waals surface area contributed by atoms with E-state index in [1.807, 2.05) is 60.7 Å². The van der Waals surface area contributed by atoms with Gasteiger partial charge in [-0.3, -0.25) is 0 Å². The molecule has 0 radical (unpaired) electrons. The van der Waals surface area contributed by atoms with Gasteiger partial charge in [-0.2, -0.15) is 10.2 Å². The molecule has 10 nitrogen and oxygen atoms in total. The molecule has 0 aliphatic rings. The van der Waals surface area contributed by atoms with Crippen molar-refractivity contribution in [2.24, 2.45) is 20.5 Å². The number of hydrogen-bond donors (Lipinski definition) is 0. The smallest absolute Gasteiger partial charge is 0.127 e. The van der Waals surface area contributed by atoms with Crippen molar-refractivity contribution in [3.63, 3.8) is 0 Å². The van der Waals surface area contributed by atoms with E-state index in [4.69, 9.17) is 48.9 Å². The van der Waals surface area contributed by atoms with Gasteiger partial charge in [0.1, 0.15) is 34.5 Å². The molecule has 14 aromatic rings. The van der Waals surface area contributed by atoms with Crippen molar-refractivity contribution in [3.05, 3.63) is 267 Å². The highest BCUT2D eigenvalue weighted by Crippen LogP contribution is 2.50. The van der Waals surface area contributed by atoms with Crippen molar-refractivity contribution in [1.82, 2.24) is 0 Å². The molecule has 0 unspecified atom stereocenters. The molecule has 522 valence electrons. The van der Waals surface area contributed by atoms with Crippen molar-refractivity contribution in [1.29, 1.82) is 0 Å². The zero-order chi connectivity index (χ0) is 70.5. The molecule has 0 aliphatic heterocycles. The van der Waals surface area contributed by atoms with Crippen LogP contribution in [0.15, 0.2) is 287 Å². The predicted molar refractivity (Wildman–Crippen MR) is 431 cm³/mol. The molecule has 104 heavy (non-hydrogen) atoms. The summed E-state index contributed by atoms with van der Waals surface area (Å²) in [7, 11) is 0. The van der Waals surface area contributed by atoms with Crippen LogP contribution in [0.4, 0.5) is 22.7 Å². The van der Waals surface area contributed by atoms with Crippen LogP contribution in [0.5, 0.6) is 34.5 Å². The Labute approximate surface area is 611 Å². The molecule has 0 bridgehead atoms. The number of fused-ring (bicyclic) bond motifs is 6. The van der Waals surface area contributed by atoms with Crippen LogP contribution in [0.1, 0.15) is 104 Å². The van der Waals surface area contributed by atoms with Crippen LogP contribution in [0.25, 0.3) is 98.0 Å². The van der Waals surface area contributed by atoms with Crippen LogP contribution < -0.4 is 28.4 Å². The molecule has 14 rings (SSSR count). The maximum Gasteiger partial charge on any atom is 0.127 e. The van der Waals surface area contributed by atoms with Gasteiger partial charge in [0.25, 0.3) is 0 Å². The lowest BCUT2D eigenvalue weighted by atomic mass is 9.91. The molecule has 0 aliphatic carbocycles. The van der Waals surface area contributed by atoms with Crippen molar-refractivity contribution in [3.8, 4) is 67.9 Å². The van der Waals surface area contributed by atoms with Crippen LogP contribution in [-0.2, 0) is 0 Å². The summed E-state index contributed by atoms with van der Waals surface area (Å²) >= 11 is 0. The number of rotatable bonds is 35. The van der Waals surface area contributed by atoms with Crippen LogP contribution in [0.2, 0.25) is 0 Å². The van der Waals surface area contributed by atoms with Gasteiger partial charge in [-0.15, -0.1) is 10.2 Å². The molecule has 0 atom stereocenters. The first-order valence-corrected chi connectivity index (χ1v) is 37.5. The highest BCUT2D eigenvalue weighted by molar-refractivity contribution is 6.14. The minimum atomic E-state index is 0.465. The lowest BCUT2D eigenvalue weighted by Crippen LogP contribution is -2.06. The zero-order valence-electron chi connectivity index (χ0n) is 59.8. The first kappa shape index (κ1) is 69.7. The summed E-state index contributed by atoms with van der Waals surface area (Å²) < 4.78 is 39.5. The molecular weight excluding hydrogens is 1280 g/mol. The van der Waals surface area contributed by atoms with Gasteiger partial charge in [-0.1, -0.05) is 260 Å². The molecule has 0 amide bonds. The second kappa shape index (κ2) is 35.0. The third kappa shape index (κ3) is 16.7. The molecule has 0 spiro atoms. The van der Waals surface area contributed by atoms with E-state index in [1.54, 1.807) is 0 Å². The summed E-state index contributed by atoms with van der Waals surface area (Å²) in [5.41, 5.74) is 8.85. The molecule has 10 heteroatoms. The van der Waals surface area contributed by atoms with Gasteiger partial charge in [0, 0.05) is 46.2 Å². The maximum atomic E-state index is 6.73. The minimum absolute atomic E-state index is 0.465. The Bertz CT molecular complexity index is 4950. The van der Waals surface area contributed by atoms with E-state index in [0.29, 0.717) is 75.2 Å². The largest absolute Gasteiger partial charge is 0.493 e. The summed E-state index contributed by atoms with van der Waals surface area (Å²) in [6.07, 6.45) is 15.8. The summed E-state index contributed by atoms with van der Waals surface area (Å²) in [5, 5.41) is 33.0. The van der Waals surface area contributed by atoms with E-state index in [-0.39, 0.29) is 0 Å². The summed E-state index contributed by atoms with van der Waals surface area (Å²) in [4.78, 5) is 0. The molecule has 0 N–H and O–H groups in total. The molecular formula is C94H90N4O6. The van der Waals surface area contributed by atoms with Gasteiger partial charge in [-0.25, -0.2) is 0 Å². The number of benzene rings is 14. The quantitative estimate of drug-likeness (QED) is 0.0289. The highest BCUT2D eigenvalue weighted by Gasteiger charge is 2.23. The van der Waals surface area contributed by atoms with Gasteiger partial charge in [0.05, 0.1) is 62.4 Å². The number of ether oxygens (including phenoxy) is 6. The number of nitrogens with zero attached hydrogens (tertiary/aromatic N) is 4. The van der Waals surface area contributed by atoms with Crippen LogP contribution in [0, 0.1) is 0 Å². The van der Waals surface area contributed by atoms with E-state index in [0.717, 1.165) is 145 Å². The van der Waals surface area contributed by atoms with Crippen molar-refractivity contribution in [2.75, 3.05) is 39.6 Å². The fourth-order valence-electron chi connectivity index (χ4n) is 14.2. The summed E-state index contributed by atoms with van der Waals surface area (Å²) in [6, 6.07) is 91.9. The van der Waals surface area contributed by atoms with Gasteiger partial charge in [0.2, 0.25) is 0 Å². The lowest BCUT2D eigenvalue weighted by molar-refractivity contribution is 0.248. The van der Waals surface area contributed by atoms with Crippen LogP contribution in [-0.4, -0.2) is 39.6 Å². The van der Waals surface area contributed by atoms with Crippen LogP contribution >= 0.6 is 0 Å². The highest BCUT2D eigenvalue weighted by atomic mass is 16.5. The number of hydrogen-bond acceptors (Lipinski definition) is 10. The van der Waals surface area contributed by atoms with Gasteiger partial charge < -0.3 is 28.4 Å². The van der Waals surface area contributed by atoms with Crippen LogP contribution in [0.3, 0.4) is 0 Å². The Morgan fingerprint density at radius 1 is 0.202 bits per heavy atom. The van der Waals surface area contributed by atoms with E-state index < -0.39 is 0 Å². The van der Waals surface area contributed by atoms with Gasteiger partial charge >= 0.3 is 0 Å². The second-order valence-electron chi connectivity index (χ2n) is 26.7. The molecule has 0 fully saturated rings. The Balaban J connectivity index is 0.630. The molecule has 0 heterocycles. The summed E-state index contributed by atoms with van der Waals surface area (Å²) in [5.74, 6) is 4.88. The topological polar surface area (TPSA) is 105 Å². The molecule has 0 aromatic heterocycles. The zero-order valence-corrected chi connectivity index (χ0v) is 59.8. The number of unbranched alkanes of at least 4 members (excludes halogenated alkanes) is 10. The van der Waals surface area contributed by atoms with E-state index in [9.17, 15) is 0 Å². The van der Waals surface area contributed by atoms with E-state index in [2.05, 4.69) is 220 Å². The normalized spacial score (nSPS) is 11.7. The third-order valence-corrected chi connectivity index (χ3v) is 19.5. The standard InChI is InChI=1S/C94H90N4O6/c1-3-5-7-9-11-25-61-101-85-57-43-69-31-15-21-37-79(69)91(85)93-81-39-23-17-33-71(81)45-59-87(93)103-65-27-63-99-75-51-47-73(48-52-75)95-97-83-55-41-67-29-13-19-35-77(67)89(83)90-78-36-20-14-30-68(78)42-56-84(90)98-96-74-49-53-76(54-50-74)100-64-28-66-104-88-60-46-72-34-18-24-40-82(72)94(88)92-80-38-22-16-32-70(80)44-58-86(92)102-62-26-12-10-8-6-4-2/h13-24,29-60H,3-12,25-28,61-66H2,1-2H3. The van der Waals surface area contributed by atoms with Crippen molar-refractivity contribution < 1.29 is 28.4 Å². The average molecular weight is 1370 g/mol. The Hall–Kier alpha value is -11.4. The Morgan fingerprint density at radius 3 is 0.760 bits per heavy atom. The fourth-order valence-corrected chi connectivity index (χ4v) is 14.2. The SMILES string of the molecule is CCCCCCCCOc1ccc2ccccc2c1-c1c(OCCCOc2ccc(N=Nc3ccc4ccccc4c3-c3c(N=Nc4ccc(OCCCOc5ccc6ccccc6c5-c5c(OCCCCCCCC)ccc6ccccc56)cc4)ccc4ccccc34)cc2)ccc2ccccc12. The van der Waals surface area contributed by atoms with E-state index >= 15 is 0 Å². The Kier molecular flexibility index (Phi) is 23.5. The third-order valence-electron chi connectivity index (χ3n) is 19.5. The second-order valence-corrected chi connectivity index (χ2v) is 26.7. The first-order valence-electron chi connectivity index (χ1n) is 37.5. The minimum Gasteiger partial charge on any atom is -0.493 e. The molecule has 0 saturated heterocycles. The van der Waals surface area contributed by atoms with Gasteiger partial charge in [-0.05, 0) is 162 Å². The van der Waals surface area contributed by atoms with Gasteiger partial charge in [0.15, 0.2) is 0 Å². The van der Waals surface area contributed by atoms with Crippen molar-refractivity contribution in [2.45, 2.75) is 104 Å². The summed E-state index contributed by atoms with van der Waals surface area (Å²) in [6.45, 7) is 7.72. The average Bonchev–Trinajstić information content (AvgIpc) is 0.767. The van der Waals surface area contributed by atoms with E-state index in [1.165, 1.54) is 64.2 Å². The monoisotopic (exact) mass is 1370 g/mol.